The maximum Gasteiger partial charge on any atom is 0.160 e. The Kier molecular flexibility index (Phi) is 14.3. The van der Waals surface area contributed by atoms with Crippen LogP contribution in [-0.4, -0.2) is 19.9 Å². The highest BCUT2D eigenvalue weighted by Gasteiger charge is 2.53. The maximum absolute atomic E-state index is 7.08. The molecule has 6 heteroatoms. The van der Waals surface area contributed by atoms with Crippen molar-refractivity contribution in [1.82, 2.24) is 19.9 Å². The topological polar surface area (TPSA) is 70.0 Å². The lowest BCUT2D eigenvalue weighted by atomic mass is 9.65. The second kappa shape index (κ2) is 25.1. The lowest BCUT2D eigenvalue weighted by molar-refractivity contribution is 0.436. The highest BCUT2D eigenvalue weighted by atomic mass is 16.5. The summed E-state index contributed by atoms with van der Waals surface area (Å²) in [4.78, 5) is 21.8. The van der Waals surface area contributed by atoms with E-state index in [1.54, 1.807) is 0 Å². The molecule has 0 amide bonds. The molecule has 6 nitrogen and oxygen atoms in total. The molecule has 4 aliphatic carbocycles. The molecule has 542 valence electrons. The zero-order chi connectivity index (χ0) is 76.5. The molecular formula is C110H70N4O2. The largest absolute Gasteiger partial charge is 0.457 e. The van der Waals surface area contributed by atoms with Gasteiger partial charge in [0, 0.05) is 61.0 Å². The number of nitrogens with zero attached hydrogens (tertiary/aromatic N) is 4. The summed E-state index contributed by atoms with van der Waals surface area (Å²) in [6.45, 7) is 4.66. The molecule has 4 heterocycles. The second-order valence-electron chi connectivity index (χ2n) is 32.2. The van der Waals surface area contributed by atoms with Gasteiger partial charge in [-0.05, 0) is 213 Å². The van der Waals surface area contributed by atoms with Crippen LogP contribution in [0.4, 0.5) is 0 Å². The molecule has 0 saturated heterocycles. The Balaban J connectivity index is 0.608. The van der Waals surface area contributed by atoms with Gasteiger partial charge in [0.05, 0.1) is 33.6 Å². The summed E-state index contributed by atoms with van der Waals surface area (Å²) < 4.78 is 14.0. The Bertz CT molecular complexity index is 7250. The molecule has 0 saturated carbocycles. The van der Waals surface area contributed by atoms with Gasteiger partial charge in [-0.25, -0.2) is 19.9 Å². The fraction of sp³-hybridized carbons (Fsp3) is 0.0545. The first kappa shape index (κ1) is 65.9. The molecule has 6 aliphatic rings. The number of benzene rings is 16. The van der Waals surface area contributed by atoms with Crippen molar-refractivity contribution in [3.05, 3.63) is 437 Å². The summed E-state index contributed by atoms with van der Waals surface area (Å²) >= 11 is 0. The third kappa shape index (κ3) is 9.77. The second-order valence-corrected chi connectivity index (χ2v) is 32.2. The highest BCUT2D eigenvalue weighted by Crippen LogP contribution is 2.65. The Morgan fingerprint density at radius 2 is 0.612 bits per heavy atom. The molecule has 0 bridgehead atoms. The van der Waals surface area contributed by atoms with Crippen molar-refractivity contribution in [3.63, 3.8) is 0 Å². The van der Waals surface area contributed by atoms with Crippen LogP contribution in [0.2, 0.25) is 0 Å². The van der Waals surface area contributed by atoms with Crippen molar-refractivity contribution >= 4 is 16.8 Å². The first-order valence-corrected chi connectivity index (χ1v) is 40.1. The molecule has 1 unspecified atom stereocenters. The van der Waals surface area contributed by atoms with Crippen LogP contribution in [0.5, 0.6) is 23.0 Å². The van der Waals surface area contributed by atoms with E-state index in [0.29, 0.717) is 11.6 Å². The number of para-hydroxylation sites is 2. The lowest BCUT2D eigenvalue weighted by Crippen LogP contribution is -2.32. The minimum absolute atomic E-state index is 0.164. The van der Waals surface area contributed by atoms with Crippen LogP contribution in [0.25, 0.3) is 151 Å². The quantitative estimate of drug-likeness (QED) is 0.143. The fourth-order valence-corrected chi connectivity index (χ4v) is 20.3. The number of fused-ring (bicyclic) bond motifs is 21. The molecule has 24 rings (SSSR count). The zero-order valence-corrected chi connectivity index (χ0v) is 63.6. The molecule has 2 spiro atoms. The number of rotatable bonds is 9. The van der Waals surface area contributed by atoms with E-state index >= 15 is 0 Å². The molecule has 0 radical (unpaired) electrons. The van der Waals surface area contributed by atoms with Gasteiger partial charge in [0.1, 0.15) is 23.0 Å². The Labute approximate surface area is 672 Å². The average Bonchev–Trinajstić information content (AvgIpc) is 1.51. The lowest BCUT2D eigenvalue weighted by Gasteiger charge is -2.39. The SMILES string of the molecule is CC1(C)c2ccccc2-c2ccc(-c3cc(-c4cccc(-c5ccc6c(c5)C5(c7ccccc7O6)c6ccccc6-c6ccc(-c7ccc(-c8nc(-c9cccc(-c%10ccc%11c(c%10)C%10(c%12ccccc%12O%11)c%11ccccc%11-c%11ccccc%11%10)c9)cc(-c9cc%10c%11c(cccc%11c9)C=CC%10)n8)cc7)cc65)c4)nc(-c4ccccc4)n3)cc21. The summed E-state index contributed by atoms with van der Waals surface area (Å²) in [5.41, 5.74) is 36.4. The van der Waals surface area contributed by atoms with Crippen molar-refractivity contribution in [1.29, 1.82) is 0 Å². The first-order chi connectivity index (χ1) is 57.2. The van der Waals surface area contributed by atoms with Crippen molar-refractivity contribution in [2.24, 2.45) is 0 Å². The van der Waals surface area contributed by atoms with Crippen molar-refractivity contribution in [2.75, 3.05) is 0 Å². The van der Waals surface area contributed by atoms with Crippen LogP contribution in [0.1, 0.15) is 80.6 Å². The monoisotopic (exact) mass is 1480 g/mol. The van der Waals surface area contributed by atoms with Gasteiger partial charge in [-0.3, -0.25) is 0 Å². The molecule has 116 heavy (non-hydrogen) atoms. The normalized spacial score (nSPS) is 15.1. The number of allylic oxidation sites excluding steroid dienone is 1. The van der Waals surface area contributed by atoms with E-state index in [9.17, 15) is 0 Å². The van der Waals surface area contributed by atoms with E-state index in [-0.39, 0.29) is 5.41 Å². The Morgan fingerprint density at radius 3 is 1.19 bits per heavy atom. The van der Waals surface area contributed by atoms with E-state index in [2.05, 4.69) is 384 Å². The molecule has 1 atom stereocenters. The minimum atomic E-state index is -0.754. The molecule has 0 N–H and O–H groups in total. The van der Waals surface area contributed by atoms with Gasteiger partial charge in [0.25, 0.3) is 0 Å². The number of hydrogen-bond donors (Lipinski definition) is 0. The van der Waals surface area contributed by atoms with Gasteiger partial charge >= 0.3 is 0 Å². The van der Waals surface area contributed by atoms with Crippen molar-refractivity contribution in [3.8, 4) is 158 Å². The summed E-state index contributed by atoms with van der Waals surface area (Å²) in [6, 6.07) is 133. The van der Waals surface area contributed by atoms with Crippen LogP contribution in [0, 0.1) is 0 Å². The fourth-order valence-electron chi connectivity index (χ4n) is 20.3. The molecule has 0 fully saturated rings. The minimum Gasteiger partial charge on any atom is -0.457 e. The third-order valence-corrected chi connectivity index (χ3v) is 25.6. The summed E-state index contributed by atoms with van der Waals surface area (Å²) in [5.74, 6) is 4.72. The molecule has 18 aromatic rings. The first-order valence-electron chi connectivity index (χ1n) is 40.1. The Hall–Kier alpha value is -14.7. The van der Waals surface area contributed by atoms with Gasteiger partial charge in [-0.15, -0.1) is 0 Å². The molecule has 16 aromatic carbocycles. The number of aromatic nitrogens is 4. The van der Waals surface area contributed by atoms with Crippen molar-refractivity contribution in [2.45, 2.75) is 36.5 Å². The summed E-state index contributed by atoms with van der Waals surface area (Å²) in [6.07, 6.45) is 5.37. The number of hydrogen-bond acceptors (Lipinski definition) is 6. The van der Waals surface area contributed by atoms with Crippen molar-refractivity contribution < 1.29 is 9.47 Å². The Morgan fingerprint density at radius 1 is 0.241 bits per heavy atom. The van der Waals surface area contributed by atoms with Crippen LogP contribution in [0.15, 0.2) is 370 Å². The predicted octanol–water partition coefficient (Wildman–Crippen LogP) is 27.2. The third-order valence-electron chi connectivity index (χ3n) is 25.6. The molecule has 2 aromatic heterocycles. The van der Waals surface area contributed by atoms with E-state index in [1.807, 2.05) is 6.07 Å². The van der Waals surface area contributed by atoms with Gasteiger partial charge in [0.2, 0.25) is 0 Å². The van der Waals surface area contributed by atoms with Gasteiger partial charge in [-0.1, -0.05) is 305 Å². The van der Waals surface area contributed by atoms with Crippen LogP contribution >= 0.6 is 0 Å². The van der Waals surface area contributed by atoms with E-state index in [4.69, 9.17) is 29.4 Å². The van der Waals surface area contributed by atoms with Gasteiger partial charge in [0.15, 0.2) is 11.6 Å². The maximum atomic E-state index is 7.08. The van der Waals surface area contributed by atoms with Crippen LogP contribution in [-0.2, 0) is 22.7 Å². The summed E-state index contributed by atoms with van der Waals surface area (Å²) in [7, 11) is 0. The predicted molar refractivity (Wildman–Crippen MR) is 469 cm³/mol. The van der Waals surface area contributed by atoms with Gasteiger partial charge in [-0.2, -0.15) is 0 Å². The van der Waals surface area contributed by atoms with Gasteiger partial charge < -0.3 is 9.47 Å². The molecule has 2 aliphatic heterocycles. The van der Waals surface area contributed by atoms with Crippen LogP contribution in [0.3, 0.4) is 0 Å². The van der Waals surface area contributed by atoms with E-state index in [1.165, 1.54) is 88.7 Å². The van der Waals surface area contributed by atoms with E-state index in [0.717, 1.165) is 141 Å². The zero-order valence-electron chi connectivity index (χ0n) is 63.6. The smallest absolute Gasteiger partial charge is 0.160 e. The van der Waals surface area contributed by atoms with E-state index < -0.39 is 10.8 Å². The molecular weight excluding hydrogens is 1410 g/mol. The standard InChI is InChI=1S/C110H70N4O2/c1-108(2)87-36-10-6-32-81(87)85-53-49-77(63-93(85)108)99-64-97(111-106(113-99)68-22-4-3-5-23-68)75-28-20-27-71(56-75)74-51-55-104-96(62-74)110(92-41-15-17-43-102(92)116-104)90-39-13-9-35-84(90)86-52-48-72(60-94(86)110)66-44-46-69(47-45-66)107-112-98(65-100(114-107)80-58-78-30-18-24-67-25-19-31-79(59-80)105(67)78)76-29-21-26-70(57-76)73-50-54-103-95(61-73)109(91-40-14-16-42-101(91)115-103)88-37-11-7-33-82(88)83-34-8-12-38-89(83)109/h3-30,32-65H,31H2,1-2H3. The average molecular weight is 1480 g/mol. The highest BCUT2D eigenvalue weighted by molar-refractivity contribution is 5.99. The van der Waals surface area contributed by atoms with Crippen LogP contribution < -0.4 is 9.47 Å². The summed E-state index contributed by atoms with van der Waals surface area (Å²) in [5, 5.41) is 2.50. The number of ether oxygens (including phenoxy) is 2.